The van der Waals surface area contributed by atoms with Gasteiger partial charge in [-0.15, -0.1) is 11.8 Å². The largest absolute Gasteiger partial charge is 0.369 e. The summed E-state index contributed by atoms with van der Waals surface area (Å²) in [5.41, 5.74) is 8.63. The third-order valence-electron chi connectivity index (χ3n) is 2.77. The molecule has 90 valence electrons. The summed E-state index contributed by atoms with van der Waals surface area (Å²) >= 11 is 1.68. The monoisotopic (exact) mass is 256 g/mol. The quantitative estimate of drug-likeness (QED) is 0.716. The first-order chi connectivity index (χ1) is 8.81. The van der Waals surface area contributed by atoms with Crippen LogP contribution in [0, 0.1) is 0 Å². The molecule has 3 rings (SSSR count). The highest BCUT2D eigenvalue weighted by atomic mass is 32.2. The van der Waals surface area contributed by atoms with Crippen molar-refractivity contribution < 1.29 is 0 Å². The number of fused-ring (bicyclic) bond motifs is 1. The van der Waals surface area contributed by atoms with E-state index in [4.69, 9.17) is 5.73 Å². The van der Waals surface area contributed by atoms with E-state index in [0.717, 1.165) is 21.7 Å². The number of anilines is 1. The topological polar surface area (TPSA) is 56.7 Å². The molecule has 18 heavy (non-hydrogen) atoms. The molecule has 3 aromatic rings. The highest BCUT2D eigenvalue weighted by Gasteiger charge is 2.12. The maximum Gasteiger partial charge on any atom is 0.207 e. The van der Waals surface area contributed by atoms with E-state index in [9.17, 15) is 0 Å². The Hall–Kier alpha value is -2.01. The molecule has 0 bridgehead atoms. The second kappa shape index (κ2) is 4.34. The Labute approximate surface area is 109 Å². The van der Waals surface area contributed by atoms with Crippen molar-refractivity contribution in [2.45, 2.75) is 4.90 Å². The van der Waals surface area contributed by atoms with Gasteiger partial charge >= 0.3 is 0 Å². The van der Waals surface area contributed by atoms with Gasteiger partial charge in [-0.2, -0.15) is 0 Å². The summed E-state index contributed by atoms with van der Waals surface area (Å²) in [6.45, 7) is 0. The van der Waals surface area contributed by atoms with Crippen molar-refractivity contribution in [3.63, 3.8) is 0 Å². The molecule has 0 radical (unpaired) electrons. The maximum absolute atomic E-state index is 6.01. The van der Waals surface area contributed by atoms with Crippen molar-refractivity contribution in [2.75, 3.05) is 12.0 Å². The molecule has 0 spiro atoms. The van der Waals surface area contributed by atoms with E-state index >= 15 is 0 Å². The number of pyridine rings is 1. The first kappa shape index (κ1) is 11.1. The first-order valence-electron chi connectivity index (χ1n) is 5.53. The Bertz CT molecular complexity index is 705. The number of nitrogens with zero attached hydrogens (tertiary/aromatic N) is 3. The highest BCUT2D eigenvalue weighted by molar-refractivity contribution is 7.98. The summed E-state index contributed by atoms with van der Waals surface area (Å²) in [4.78, 5) is 9.85. The number of nitrogen functional groups attached to an aromatic ring is 1. The fourth-order valence-electron chi connectivity index (χ4n) is 1.98. The van der Waals surface area contributed by atoms with Crippen molar-refractivity contribution in [2.24, 2.45) is 0 Å². The van der Waals surface area contributed by atoms with Gasteiger partial charge in [0.25, 0.3) is 0 Å². The Balaban J connectivity index is 2.34. The predicted molar refractivity (Wildman–Crippen MR) is 75.1 cm³/mol. The molecule has 0 aliphatic heterocycles. The fourth-order valence-corrected chi connectivity index (χ4v) is 2.57. The number of hydrogen-bond acceptors (Lipinski definition) is 4. The van der Waals surface area contributed by atoms with Gasteiger partial charge in [0.2, 0.25) is 5.95 Å². The van der Waals surface area contributed by atoms with E-state index in [0.29, 0.717) is 5.95 Å². The molecule has 0 unspecified atom stereocenters. The first-order valence-corrected chi connectivity index (χ1v) is 6.76. The second-order valence-electron chi connectivity index (χ2n) is 3.82. The summed E-state index contributed by atoms with van der Waals surface area (Å²) in [6, 6.07) is 11.9. The number of para-hydroxylation sites is 1. The lowest BCUT2D eigenvalue weighted by molar-refractivity contribution is 1.05. The van der Waals surface area contributed by atoms with Crippen LogP contribution in [0.5, 0.6) is 0 Å². The van der Waals surface area contributed by atoms with Gasteiger partial charge in [0.1, 0.15) is 5.52 Å². The zero-order valence-corrected chi connectivity index (χ0v) is 10.7. The number of thioether (sulfide) groups is 1. The van der Waals surface area contributed by atoms with Gasteiger partial charge in [-0.25, -0.2) is 9.97 Å². The molecule has 0 saturated carbocycles. The third kappa shape index (κ3) is 1.64. The second-order valence-corrected chi connectivity index (χ2v) is 4.67. The fraction of sp³-hybridized carbons (Fsp3) is 0.0769. The molecule has 1 aromatic carbocycles. The molecular formula is C13H12N4S. The van der Waals surface area contributed by atoms with Crippen LogP contribution >= 0.6 is 11.8 Å². The van der Waals surface area contributed by atoms with Crippen LogP contribution < -0.4 is 5.73 Å². The van der Waals surface area contributed by atoms with Crippen LogP contribution in [0.15, 0.2) is 47.5 Å². The average molecular weight is 256 g/mol. The van der Waals surface area contributed by atoms with E-state index in [2.05, 4.69) is 16.0 Å². The molecule has 5 heteroatoms. The molecule has 2 heterocycles. The Kier molecular flexibility index (Phi) is 2.68. The molecule has 0 fully saturated rings. The van der Waals surface area contributed by atoms with E-state index in [-0.39, 0.29) is 0 Å². The Morgan fingerprint density at radius 3 is 2.83 bits per heavy atom. The summed E-state index contributed by atoms with van der Waals surface area (Å²) in [5, 5.41) is 0. The van der Waals surface area contributed by atoms with Crippen LogP contribution in [0.2, 0.25) is 0 Å². The van der Waals surface area contributed by atoms with E-state index in [1.165, 1.54) is 0 Å². The van der Waals surface area contributed by atoms with Crippen LogP contribution in [0.3, 0.4) is 0 Å². The Morgan fingerprint density at radius 1 is 1.17 bits per heavy atom. The molecule has 0 aliphatic rings. The number of rotatable bonds is 2. The molecule has 2 aromatic heterocycles. The lowest BCUT2D eigenvalue weighted by Crippen LogP contribution is -2.02. The van der Waals surface area contributed by atoms with Crippen molar-refractivity contribution >= 4 is 28.9 Å². The van der Waals surface area contributed by atoms with Crippen LogP contribution in [-0.2, 0) is 0 Å². The van der Waals surface area contributed by atoms with Gasteiger partial charge in [-0.05, 0) is 30.5 Å². The van der Waals surface area contributed by atoms with Gasteiger partial charge in [0, 0.05) is 11.1 Å². The molecule has 4 nitrogen and oxygen atoms in total. The number of aromatic nitrogens is 3. The minimum Gasteiger partial charge on any atom is -0.369 e. The minimum absolute atomic E-state index is 0.463. The predicted octanol–water partition coefficient (Wildman–Crippen LogP) is 2.72. The standard InChI is InChI=1S/C13H12N4S/c1-18-11-7-3-2-6-10(11)17-12-9(16-13(17)14)5-4-8-15-12/h2-8H,1H3,(H2,14,16). The summed E-state index contributed by atoms with van der Waals surface area (Å²) in [5.74, 6) is 0.463. The Morgan fingerprint density at radius 2 is 2.00 bits per heavy atom. The zero-order valence-electron chi connectivity index (χ0n) is 9.87. The van der Waals surface area contributed by atoms with Gasteiger partial charge in [0.05, 0.1) is 5.69 Å². The lowest BCUT2D eigenvalue weighted by Gasteiger charge is -2.09. The molecule has 0 saturated heterocycles. The van der Waals surface area contributed by atoms with Crippen molar-refractivity contribution in [3.8, 4) is 5.69 Å². The van der Waals surface area contributed by atoms with E-state index in [1.54, 1.807) is 18.0 Å². The number of imidazole rings is 1. The van der Waals surface area contributed by atoms with Crippen LogP contribution in [0.1, 0.15) is 0 Å². The SMILES string of the molecule is CSc1ccccc1-n1c(N)nc2cccnc21. The van der Waals surface area contributed by atoms with E-state index < -0.39 is 0 Å². The zero-order chi connectivity index (χ0) is 12.5. The minimum atomic E-state index is 0.463. The average Bonchev–Trinajstić information content (AvgIpc) is 2.74. The number of benzene rings is 1. The molecule has 0 aliphatic carbocycles. The molecule has 0 amide bonds. The van der Waals surface area contributed by atoms with Crippen LogP contribution in [0.25, 0.3) is 16.9 Å². The van der Waals surface area contributed by atoms with Gasteiger partial charge in [-0.3, -0.25) is 4.57 Å². The highest BCUT2D eigenvalue weighted by Crippen LogP contribution is 2.28. The molecule has 0 atom stereocenters. The molecular weight excluding hydrogens is 244 g/mol. The normalized spacial score (nSPS) is 10.9. The summed E-state index contributed by atoms with van der Waals surface area (Å²) < 4.78 is 1.89. The third-order valence-corrected chi connectivity index (χ3v) is 3.55. The maximum atomic E-state index is 6.01. The van der Waals surface area contributed by atoms with Crippen LogP contribution in [0.4, 0.5) is 5.95 Å². The van der Waals surface area contributed by atoms with Crippen molar-refractivity contribution in [1.82, 2.24) is 14.5 Å². The van der Waals surface area contributed by atoms with Gasteiger partial charge < -0.3 is 5.73 Å². The number of nitrogens with two attached hydrogens (primary N) is 1. The summed E-state index contributed by atoms with van der Waals surface area (Å²) in [6.07, 6.45) is 3.79. The van der Waals surface area contributed by atoms with Crippen molar-refractivity contribution in [1.29, 1.82) is 0 Å². The molecule has 2 N–H and O–H groups in total. The van der Waals surface area contributed by atoms with Gasteiger partial charge in [-0.1, -0.05) is 12.1 Å². The lowest BCUT2D eigenvalue weighted by atomic mass is 10.3. The number of hydrogen-bond donors (Lipinski definition) is 1. The summed E-state index contributed by atoms with van der Waals surface area (Å²) in [7, 11) is 0. The smallest absolute Gasteiger partial charge is 0.207 e. The van der Waals surface area contributed by atoms with Gasteiger partial charge in [0.15, 0.2) is 5.65 Å². The van der Waals surface area contributed by atoms with Crippen molar-refractivity contribution in [3.05, 3.63) is 42.6 Å². The van der Waals surface area contributed by atoms with E-state index in [1.807, 2.05) is 41.2 Å². The van der Waals surface area contributed by atoms with Crippen LogP contribution in [-0.4, -0.2) is 20.8 Å².